The van der Waals surface area contributed by atoms with E-state index < -0.39 is 12.1 Å². The van der Waals surface area contributed by atoms with Crippen LogP contribution in [0.25, 0.3) is 0 Å². The van der Waals surface area contributed by atoms with Crippen molar-refractivity contribution in [1.82, 2.24) is 4.90 Å². The maximum atomic E-state index is 12.2. The maximum absolute atomic E-state index is 12.2. The van der Waals surface area contributed by atoms with E-state index >= 15 is 0 Å². The van der Waals surface area contributed by atoms with Gasteiger partial charge >= 0.3 is 5.97 Å². The molecule has 5 nitrogen and oxygen atoms in total. The van der Waals surface area contributed by atoms with Gasteiger partial charge in [0.25, 0.3) is 0 Å². The third-order valence-electron chi connectivity index (χ3n) is 3.08. The van der Waals surface area contributed by atoms with Gasteiger partial charge in [-0.15, -0.1) is 0 Å². The van der Waals surface area contributed by atoms with Gasteiger partial charge in [0, 0.05) is 16.6 Å². The lowest BCUT2D eigenvalue weighted by Crippen LogP contribution is -2.49. The van der Waals surface area contributed by atoms with Gasteiger partial charge in [0.2, 0.25) is 5.91 Å². The topological polar surface area (TPSA) is 66.8 Å². The number of morpholine rings is 1. The lowest BCUT2D eigenvalue weighted by molar-refractivity contribution is -0.159. The zero-order valence-corrected chi connectivity index (χ0v) is 12.0. The number of hydrogen-bond donors (Lipinski definition) is 1. The highest BCUT2D eigenvalue weighted by molar-refractivity contribution is 6.36. The number of carbonyl (C=O) groups is 2. The molecule has 0 aliphatic carbocycles. The predicted molar refractivity (Wildman–Crippen MR) is 74.1 cm³/mol. The van der Waals surface area contributed by atoms with E-state index in [9.17, 15) is 9.59 Å². The molecular formula is C13H13Cl2NO4. The van der Waals surface area contributed by atoms with Crippen molar-refractivity contribution in [3.05, 3.63) is 33.8 Å². The summed E-state index contributed by atoms with van der Waals surface area (Å²) in [4.78, 5) is 24.5. The van der Waals surface area contributed by atoms with Gasteiger partial charge in [-0.2, -0.15) is 0 Å². The van der Waals surface area contributed by atoms with E-state index in [-0.39, 0.29) is 25.5 Å². The molecule has 0 saturated carbocycles. The summed E-state index contributed by atoms with van der Waals surface area (Å²) in [5.74, 6) is -1.28. The van der Waals surface area contributed by atoms with Crippen LogP contribution in [0.3, 0.4) is 0 Å². The van der Waals surface area contributed by atoms with Gasteiger partial charge in [0.1, 0.15) is 0 Å². The maximum Gasteiger partial charge on any atom is 0.334 e. The number of aliphatic carboxylic acids is 1. The fourth-order valence-corrected chi connectivity index (χ4v) is 2.52. The Morgan fingerprint density at radius 2 is 2.00 bits per heavy atom. The Morgan fingerprint density at radius 3 is 2.60 bits per heavy atom. The Bertz CT molecular complexity index is 515. The van der Waals surface area contributed by atoms with Gasteiger partial charge < -0.3 is 14.7 Å². The van der Waals surface area contributed by atoms with Crippen molar-refractivity contribution in [2.45, 2.75) is 12.5 Å². The molecule has 0 spiro atoms. The first-order valence-electron chi connectivity index (χ1n) is 6.04. The smallest absolute Gasteiger partial charge is 0.334 e. The first kappa shape index (κ1) is 15.1. The Balaban J connectivity index is 2.06. The number of carbonyl (C=O) groups excluding carboxylic acids is 1. The highest BCUT2D eigenvalue weighted by atomic mass is 35.5. The van der Waals surface area contributed by atoms with Crippen molar-refractivity contribution < 1.29 is 19.4 Å². The molecule has 1 heterocycles. The van der Waals surface area contributed by atoms with Gasteiger partial charge in [-0.25, -0.2) is 4.79 Å². The summed E-state index contributed by atoms with van der Waals surface area (Å²) in [5.41, 5.74) is 0.555. The van der Waals surface area contributed by atoms with Gasteiger partial charge in [-0.1, -0.05) is 29.3 Å². The van der Waals surface area contributed by atoms with E-state index in [0.29, 0.717) is 22.2 Å². The fraction of sp³-hybridized carbons (Fsp3) is 0.385. The molecule has 0 unspecified atom stereocenters. The molecule has 20 heavy (non-hydrogen) atoms. The van der Waals surface area contributed by atoms with Crippen LogP contribution in [0.1, 0.15) is 5.56 Å². The normalized spacial score (nSPS) is 18.9. The minimum atomic E-state index is -1.07. The first-order chi connectivity index (χ1) is 9.49. The highest BCUT2D eigenvalue weighted by Crippen LogP contribution is 2.25. The molecule has 2 rings (SSSR count). The Labute approximate surface area is 126 Å². The van der Waals surface area contributed by atoms with E-state index in [0.717, 1.165) is 0 Å². The zero-order valence-electron chi connectivity index (χ0n) is 10.5. The molecule has 7 heteroatoms. The quantitative estimate of drug-likeness (QED) is 0.923. The Kier molecular flexibility index (Phi) is 4.86. The van der Waals surface area contributed by atoms with Crippen molar-refractivity contribution in [1.29, 1.82) is 0 Å². The number of rotatable bonds is 3. The number of halogens is 2. The number of nitrogens with zero attached hydrogens (tertiary/aromatic N) is 1. The number of amides is 1. The summed E-state index contributed by atoms with van der Waals surface area (Å²) in [5, 5.41) is 9.76. The molecule has 0 radical (unpaired) electrons. The summed E-state index contributed by atoms with van der Waals surface area (Å²) in [6.45, 7) is 0.611. The van der Waals surface area contributed by atoms with Crippen LogP contribution in [-0.2, 0) is 20.7 Å². The number of carboxylic acid groups (broad SMARTS) is 1. The minimum Gasteiger partial charge on any atom is -0.479 e. The standard InChI is InChI=1S/C13H13Cl2NO4/c14-9-2-1-3-10(15)8(9)6-12(17)16-4-5-20-11(7-16)13(18)19/h1-3,11H,4-7H2,(H,18,19)/t11-/m0/s1. The predicted octanol–water partition coefficient (Wildman–Crippen LogP) is 1.85. The molecule has 1 saturated heterocycles. The average Bonchev–Trinajstić information content (AvgIpc) is 2.43. The first-order valence-corrected chi connectivity index (χ1v) is 6.79. The lowest BCUT2D eigenvalue weighted by Gasteiger charge is -2.31. The van der Waals surface area contributed by atoms with Gasteiger partial charge in [0.15, 0.2) is 6.10 Å². The monoisotopic (exact) mass is 317 g/mol. The Hall–Kier alpha value is -1.30. The molecule has 1 N–H and O–H groups in total. The molecule has 1 aromatic rings. The summed E-state index contributed by atoms with van der Waals surface area (Å²) < 4.78 is 5.07. The summed E-state index contributed by atoms with van der Waals surface area (Å²) in [7, 11) is 0. The fourth-order valence-electron chi connectivity index (χ4n) is 1.99. The zero-order chi connectivity index (χ0) is 14.7. The Morgan fingerprint density at radius 1 is 1.35 bits per heavy atom. The van der Waals surface area contributed by atoms with Crippen molar-refractivity contribution in [3.63, 3.8) is 0 Å². The van der Waals surface area contributed by atoms with E-state index in [1.807, 2.05) is 0 Å². The van der Waals surface area contributed by atoms with Crippen LogP contribution >= 0.6 is 23.2 Å². The summed E-state index contributed by atoms with van der Waals surface area (Å²) in [6, 6.07) is 5.03. The number of ether oxygens (including phenoxy) is 1. The summed E-state index contributed by atoms with van der Waals surface area (Å²) >= 11 is 12.0. The SMILES string of the molecule is O=C(O)[C@@H]1CN(C(=O)Cc2c(Cl)cccc2Cl)CCO1. The second kappa shape index (κ2) is 6.43. The second-order valence-electron chi connectivity index (χ2n) is 4.41. The van der Waals surface area contributed by atoms with Crippen molar-refractivity contribution >= 4 is 35.1 Å². The molecule has 108 valence electrons. The molecule has 1 amide bonds. The lowest BCUT2D eigenvalue weighted by atomic mass is 10.1. The van der Waals surface area contributed by atoms with Crippen molar-refractivity contribution in [2.75, 3.05) is 19.7 Å². The van der Waals surface area contributed by atoms with E-state index in [1.165, 1.54) is 4.90 Å². The summed E-state index contributed by atoms with van der Waals surface area (Å²) in [6.07, 6.45) is -0.931. The van der Waals surface area contributed by atoms with Crippen LogP contribution in [-0.4, -0.2) is 47.7 Å². The van der Waals surface area contributed by atoms with Crippen LogP contribution in [0.15, 0.2) is 18.2 Å². The van der Waals surface area contributed by atoms with Gasteiger partial charge in [-0.3, -0.25) is 4.79 Å². The largest absolute Gasteiger partial charge is 0.479 e. The molecule has 1 fully saturated rings. The average molecular weight is 318 g/mol. The molecule has 1 atom stereocenters. The minimum absolute atomic E-state index is 0.0379. The molecule has 0 bridgehead atoms. The third-order valence-corrected chi connectivity index (χ3v) is 3.79. The highest BCUT2D eigenvalue weighted by Gasteiger charge is 2.29. The number of carboxylic acids is 1. The van der Waals surface area contributed by atoms with E-state index in [4.69, 9.17) is 33.0 Å². The molecule has 1 aliphatic rings. The van der Waals surface area contributed by atoms with Gasteiger partial charge in [-0.05, 0) is 17.7 Å². The molecule has 1 aliphatic heterocycles. The number of benzene rings is 1. The van der Waals surface area contributed by atoms with Crippen LogP contribution in [0.2, 0.25) is 10.0 Å². The van der Waals surface area contributed by atoms with Crippen LogP contribution in [0.5, 0.6) is 0 Å². The van der Waals surface area contributed by atoms with Crippen molar-refractivity contribution in [2.24, 2.45) is 0 Å². The van der Waals surface area contributed by atoms with E-state index in [2.05, 4.69) is 0 Å². The van der Waals surface area contributed by atoms with Gasteiger partial charge in [0.05, 0.1) is 19.6 Å². The molecule has 0 aromatic heterocycles. The second-order valence-corrected chi connectivity index (χ2v) is 5.23. The third kappa shape index (κ3) is 3.42. The van der Waals surface area contributed by atoms with Crippen molar-refractivity contribution in [3.8, 4) is 0 Å². The number of hydrogen-bond acceptors (Lipinski definition) is 3. The van der Waals surface area contributed by atoms with E-state index in [1.54, 1.807) is 18.2 Å². The molecule has 1 aromatic carbocycles. The van der Waals surface area contributed by atoms with Crippen LogP contribution in [0.4, 0.5) is 0 Å². The van der Waals surface area contributed by atoms with Crippen LogP contribution < -0.4 is 0 Å². The van der Waals surface area contributed by atoms with Crippen LogP contribution in [0, 0.1) is 0 Å². The molecular weight excluding hydrogens is 305 g/mol.